The van der Waals surface area contributed by atoms with Gasteiger partial charge in [0.1, 0.15) is 0 Å². The van der Waals surface area contributed by atoms with Crippen LogP contribution in [0, 0.1) is 0 Å². The van der Waals surface area contributed by atoms with Gasteiger partial charge in [-0.2, -0.15) is 0 Å². The van der Waals surface area contributed by atoms with Crippen molar-refractivity contribution >= 4 is 0 Å². The largest absolute Gasteiger partial charge is 0.374 e. The molecule has 1 nitrogen and oxygen atoms in total. The van der Waals surface area contributed by atoms with Crippen LogP contribution in [0.1, 0.15) is 181 Å². The van der Waals surface area contributed by atoms with E-state index in [-0.39, 0.29) is 0 Å². The molecule has 0 N–H and O–H groups in total. The van der Waals surface area contributed by atoms with E-state index >= 15 is 0 Å². The molecule has 0 aromatic carbocycles. The van der Waals surface area contributed by atoms with Crippen LogP contribution in [-0.4, -0.2) is 12.2 Å². The molecule has 1 heteroatoms. The molecule has 2 unspecified atom stereocenters. The first-order valence-electron chi connectivity index (χ1n) is 16.2. The maximum absolute atomic E-state index is 6.57. The van der Waals surface area contributed by atoms with Gasteiger partial charge in [0.25, 0.3) is 0 Å². The molecule has 0 heterocycles. The highest BCUT2D eigenvalue weighted by Gasteiger charge is 2.14. The lowest BCUT2D eigenvalue weighted by molar-refractivity contribution is -0.0190. The topological polar surface area (TPSA) is 9.23 Å². The molecule has 0 aromatic heterocycles. The molecule has 2 atom stereocenters. The number of rotatable bonds is 30. The molecule has 0 spiro atoms. The Balaban J connectivity index is 3.83. The summed E-state index contributed by atoms with van der Waals surface area (Å²) in [5, 5.41) is 0. The van der Waals surface area contributed by atoms with Crippen molar-refractivity contribution in [1.82, 2.24) is 0 Å². The van der Waals surface area contributed by atoms with Gasteiger partial charge in [-0.15, -0.1) is 13.2 Å². The SMILES string of the molecule is C=CCC(CCCCCCCCCCCCC)OC(CC=C)CCCCCCCCCCCCC. The Morgan fingerprint density at radius 1 is 0.429 bits per heavy atom. The molecule has 0 aromatic rings. The first-order valence-corrected chi connectivity index (χ1v) is 16.2. The third-order valence-electron chi connectivity index (χ3n) is 7.50. The van der Waals surface area contributed by atoms with E-state index in [0.29, 0.717) is 12.2 Å². The molecule has 0 aliphatic carbocycles. The minimum Gasteiger partial charge on any atom is -0.374 e. The van der Waals surface area contributed by atoms with E-state index in [1.807, 2.05) is 0 Å². The lowest BCUT2D eigenvalue weighted by atomic mass is 10.0. The molecule has 0 radical (unpaired) electrons. The van der Waals surface area contributed by atoms with Gasteiger partial charge < -0.3 is 4.74 Å². The minimum absolute atomic E-state index is 0.351. The average molecular weight is 491 g/mol. The summed E-state index contributed by atoms with van der Waals surface area (Å²) in [6.45, 7) is 12.6. The standard InChI is InChI=1S/C34H66O/c1-5-9-11-13-15-17-19-21-23-25-27-31-33(29-7-3)35-34(30-8-4)32-28-26-24-22-20-18-16-14-12-10-6-2/h7-8,33-34H,3-6,9-32H2,1-2H3. The molecule has 35 heavy (non-hydrogen) atoms. The van der Waals surface area contributed by atoms with Crippen molar-refractivity contribution < 1.29 is 4.74 Å². The summed E-state index contributed by atoms with van der Waals surface area (Å²) in [6, 6.07) is 0. The maximum atomic E-state index is 6.57. The van der Waals surface area contributed by atoms with Gasteiger partial charge >= 0.3 is 0 Å². The third kappa shape index (κ3) is 26.3. The first kappa shape index (κ1) is 34.4. The van der Waals surface area contributed by atoms with E-state index in [1.54, 1.807) is 0 Å². The van der Waals surface area contributed by atoms with Crippen molar-refractivity contribution in [3.05, 3.63) is 25.3 Å². The van der Waals surface area contributed by atoms with Gasteiger partial charge in [0.05, 0.1) is 12.2 Å². The van der Waals surface area contributed by atoms with Gasteiger partial charge in [0.2, 0.25) is 0 Å². The minimum atomic E-state index is 0.351. The Morgan fingerprint density at radius 2 is 0.686 bits per heavy atom. The summed E-state index contributed by atoms with van der Waals surface area (Å²) in [5.74, 6) is 0. The van der Waals surface area contributed by atoms with E-state index in [9.17, 15) is 0 Å². The lowest BCUT2D eigenvalue weighted by Crippen LogP contribution is -2.22. The van der Waals surface area contributed by atoms with Crippen LogP contribution in [0.3, 0.4) is 0 Å². The van der Waals surface area contributed by atoms with Crippen molar-refractivity contribution in [2.75, 3.05) is 0 Å². The summed E-state index contributed by atoms with van der Waals surface area (Å²) in [5.41, 5.74) is 0. The number of unbranched alkanes of at least 4 members (excludes halogenated alkanes) is 20. The summed E-state index contributed by atoms with van der Waals surface area (Å²) in [4.78, 5) is 0. The molecule has 0 saturated carbocycles. The molecule has 0 amide bonds. The Labute approximate surface area is 223 Å². The quantitative estimate of drug-likeness (QED) is 0.0718. The fraction of sp³-hybridized carbons (Fsp3) is 0.882. The molecule has 0 bridgehead atoms. The van der Waals surface area contributed by atoms with Crippen molar-refractivity contribution in [1.29, 1.82) is 0 Å². The highest BCUT2D eigenvalue weighted by atomic mass is 16.5. The van der Waals surface area contributed by atoms with Gasteiger partial charge in [0, 0.05) is 0 Å². The van der Waals surface area contributed by atoms with Crippen LogP contribution >= 0.6 is 0 Å². The molecular formula is C34H66O. The molecule has 0 saturated heterocycles. The highest BCUT2D eigenvalue weighted by molar-refractivity contribution is 4.78. The van der Waals surface area contributed by atoms with Crippen molar-refractivity contribution in [2.45, 2.75) is 193 Å². The first-order chi connectivity index (χ1) is 17.3. The van der Waals surface area contributed by atoms with Crippen LogP contribution in [0.15, 0.2) is 25.3 Å². The van der Waals surface area contributed by atoms with Gasteiger partial charge in [-0.05, 0) is 25.7 Å². The van der Waals surface area contributed by atoms with Crippen LogP contribution in [0.25, 0.3) is 0 Å². The van der Waals surface area contributed by atoms with Crippen LogP contribution in [0.5, 0.6) is 0 Å². The smallest absolute Gasteiger partial charge is 0.0613 e. The van der Waals surface area contributed by atoms with Crippen LogP contribution in [0.2, 0.25) is 0 Å². The maximum Gasteiger partial charge on any atom is 0.0613 e. The van der Waals surface area contributed by atoms with Crippen LogP contribution < -0.4 is 0 Å². The van der Waals surface area contributed by atoms with E-state index in [1.165, 1.54) is 154 Å². The Bertz CT molecular complexity index is 377. The Morgan fingerprint density at radius 3 is 0.943 bits per heavy atom. The van der Waals surface area contributed by atoms with Crippen molar-refractivity contribution in [3.8, 4) is 0 Å². The molecular weight excluding hydrogens is 424 g/mol. The molecule has 0 rings (SSSR count). The molecule has 0 aliphatic heterocycles. The third-order valence-corrected chi connectivity index (χ3v) is 7.50. The zero-order chi connectivity index (χ0) is 25.7. The van der Waals surface area contributed by atoms with Gasteiger partial charge in [-0.25, -0.2) is 0 Å². The number of hydrogen-bond acceptors (Lipinski definition) is 1. The second-order valence-corrected chi connectivity index (χ2v) is 11.1. The van der Waals surface area contributed by atoms with Crippen LogP contribution in [-0.2, 0) is 4.74 Å². The second kappa shape index (κ2) is 29.7. The van der Waals surface area contributed by atoms with Gasteiger partial charge in [-0.1, -0.05) is 167 Å². The second-order valence-electron chi connectivity index (χ2n) is 11.1. The molecule has 0 aliphatic rings. The van der Waals surface area contributed by atoms with Gasteiger partial charge in [-0.3, -0.25) is 0 Å². The molecule has 208 valence electrons. The Hall–Kier alpha value is -0.560. The number of ether oxygens (including phenoxy) is 1. The Kier molecular flexibility index (Phi) is 29.2. The fourth-order valence-electron chi connectivity index (χ4n) is 5.20. The zero-order valence-corrected chi connectivity index (χ0v) is 24.5. The van der Waals surface area contributed by atoms with E-state index < -0.39 is 0 Å². The van der Waals surface area contributed by atoms with Crippen molar-refractivity contribution in [3.63, 3.8) is 0 Å². The molecule has 0 fully saturated rings. The summed E-state index contributed by atoms with van der Waals surface area (Å²) in [7, 11) is 0. The van der Waals surface area contributed by atoms with E-state index in [4.69, 9.17) is 4.74 Å². The van der Waals surface area contributed by atoms with E-state index in [0.717, 1.165) is 12.8 Å². The summed E-state index contributed by atoms with van der Waals surface area (Å²) < 4.78 is 6.57. The summed E-state index contributed by atoms with van der Waals surface area (Å²) >= 11 is 0. The lowest BCUT2D eigenvalue weighted by Gasteiger charge is -2.24. The van der Waals surface area contributed by atoms with E-state index in [2.05, 4.69) is 39.2 Å². The van der Waals surface area contributed by atoms with Crippen LogP contribution in [0.4, 0.5) is 0 Å². The fourth-order valence-corrected chi connectivity index (χ4v) is 5.20. The average Bonchev–Trinajstić information content (AvgIpc) is 2.86. The number of hydrogen-bond donors (Lipinski definition) is 0. The zero-order valence-electron chi connectivity index (χ0n) is 24.5. The monoisotopic (exact) mass is 491 g/mol. The highest BCUT2D eigenvalue weighted by Crippen LogP contribution is 2.20. The predicted molar refractivity (Wildman–Crippen MR) is 160 cm³/mol. The normalized spacial score (nSPS) is 13.1. The van der Waals surface area contributed by atoms with Gasteiger partial charge in [0.15, 0.2) is 0 Å². The predicted octanol–water partition coefficient (Wildman–Crippen LogP) is 12.3. The summed E-state index contributed by atoms with van der Waals surface area (Å²) in [6.07, 6.45) is 40.0. The van der Waals surface area contributed by atoms with Crippen molar-refractivity contribution in [2.24, 2.45) is 0 Å².